The topological polar surface area (TPSA) is 38.3 Å². The molecule has 0 radical (unpaired) electrons. The van der Waals surface area contributed by atoms with E-state index in [0.717, 1.165) is 48.2 Å². The van der Waals surface area contributed by atoms with Crippen LogP contribution < -0.4 is 10.1 Å². The summed E-state index contributed by atoms with van der Waals surface area (Å²) in [5.74, 6) is 0.911. The quantitative estimate of drug-likeness (QED) is 0.906. The molecule has 23 heavy (non-hydrogen) atoms. The maximum absolute atomic E-state index is 13.1. The van der Waals surface area contributed by atoms with E-state index < -0.39 is 5.41 Å². The van der Waals surface area contributed by atoms with Gasteiger partial charge in [0.15, 0.2) is 0 Å². The molecular formula is C20H23NO2. The van der Waals surface area contributed by atoms with Gasteiger partial charge in [0.1, 0.15) is 5.75 Å². The van der Waals surface area contributed by atoms with Crippen molar-refractivity contribution in [3.8, 4) is 5.75 Å². The summed E-state index contributed by atoms with van der Waals surface area (Å²) >= 11 is 0. The maximum atomic E-state index is 13.1. The highest BCUT2D eigenvalue weighted by molar-refractivity contribution is 6.00. The van der Waals surface area contributed by atoms with Gasteiger partial charge in [0.2, 0.25) is 5.91 Å². The smallest absolute Gasteiger partial charge is 0.235 e. The molecule has 1 saturated carbocycles. The van der Waals surface area contributed by atoms with Crippen molar-refractivity contribution in [3.63, 3.8) is 0 Å². The fourth-order valence-electron chi connectivity index (χ4n) is 3.53. The van der Waals surface area contributed by atoms with E-state index in [1.54, 1.807) is 7.11 Å². The molecule has 0 spiro atoms. The number of hydrogen-bond acceptors (Lipinski definition) is 2. The Balaban J connectivity index is 1.88. The van der Waals surface area contributed by atoms with Crippen molar-refractivity contribution in [3.05, 3.63) is 59.7 Å². The molecule has 2 aromatic carbocycles. The second-order valence-electron chi connectivity index (χ2n) is 6.29. The summed E-state index contributed by atoms with van der Waals surface area (Å²) in [7, 11) is 1.65. The van der Waals surface area contributed by atoms with Gasteiger partial charge in [-0.15, -0.1) is 0 Å². The van der Waals surface area contributed by atoms with Crippen LogP contribution in [0.3, 0.4) is 0 Å². The maximum Gasteiger partial charge on any atom is 0.235 e. The Morgan fingerprint density at radius 1 is 1.09 bits per heavy atom. The molecule has 0 unspecified atom stereocenters. The molecule has 0 bridgehead atoms. The zero-order chi connectivity index (χ0) is 16.3. The predicted octanol–water partition coefficient (Wildman–Crippen LogP) is 4.45. The third kappa shape index (κ3) is 2.96. The third-order valence-corrected chi connectivity index (χ3v) is 4.90. The SMILES string of the molecule is COc1ccc(NC(=O)C2(c3ccccc3)CCCC2)c(C)c1. The minimum atomic E-state index is -0.395. The van der Waals surface area contributed by atoms with Crippen LogP contribution in [0.25, 0.3) is 0 Å². The normalized spacial score (nSPS) is 16.1. The predicted molar refractivity (Wildman–Crippen MR) is 92.9 cm³/mol. The first kappa shape index (κ1) is 15.6. The number of anilines is 1. The van der Waals surface area contributed by atoms with E-state index in [2.05, 4.69) is 17.4 Å². The van der Waals surface area contributed by atoms with Crippen molar-refractivity contribution >= 4 is 11.6 Å². The number of benzene rings is 2. The highest BCUT2D eigenvalue weighted by Gasteiger charge is 2.42. The number of carbonyl (C=O) groups excluding carboxylic acids is 1. The first-order chi connectivity index (χ1) is 11.2. The molecule has 0 aliphatic heterocycles. The number of ether oxygens (including phenoxy) is 1. The van der Waals surface area contributed by atoms with Crippen LogP contribution in [0, 0.1) is 6.92 Å². The Bertz CT molecular complexity index is 688. The minimum Gasteiger partial charge on any atom is -0.497 e. The zero-order valence-corrected chi connectivity index (χ0v) is 13.8. The van der Waals surface area contributed by atoms with Crippen LogP contribution >= 0.6 is 0 Å². The molecule has 0 heterocycles. The van der Waals surface area contributed by atoms with Crippen molar-refractivity contribution in [2.75, 3.05) is 12.4 Å². The van der Waals surface area contributed by atoms with Gasteiger partial charge in [0.05, 0.1) is 12.5 Å². The van der Waals surface area contributed by atoms with Crippen LogP contribution in [0.4, 0.5) is 5.69 Å². The van der Waals surface area contributed by atoms with Crippen molar-refractivity contribution < 1.29 is 9.53 Å². The summed E-state index contributed by atoms with van der Waals surface area (Å²) in [6, 6.07) is 15.9. The fraction of sp³-hybridized carbons (Fsp3) is 0.350. The molecule has 0 saturated heterocycles. The molecule has 1 N–H and O–H groups in total. The number of nitrogens with one attached hydrogen (secondary N) is 1. The molecule has 3 heteroatoms. The molecule has 3 rings (SSSR count). The largest absolute Gasteiger partial charge is 0.497 e. The van der Waals surface area contributed by atoms with Crippen LogP contribution in [0.15, 0.2) is 48.5 Å². The number of aryl methyl sites for hydroxylation is 1. The second-order valence-corrected chi connectivity index (χ2v) is 6.29. The molecule has 3 nitrogen and oxygen atoms in total. The molecule has 1 aliphatic rings. The van der Waals surface area contributed by atoms with Gasteiger partial charge in [-0.25, -0.2) is 0 Å². The summed E-state index contributed by atoms with van der Waals surface area (Å²) in [4.78, 5) is 13.1. The summed E-state index contributed by atoms with van der Waals surface area (Å²) in [6.07, 6.45) is 4.03. The standard InChI is InChI=1S/C20H23NO2/c1-15-14-17(23-2)10-11-18(15)21-19(22)20(12-6-7-13-20)16-8-4-3-5-9-16/h3-5,8-11,14H,6-7,12-13H2,1-2H3,(H,21,22). The molecule has 2 aromatic rings. The van der Waals surface area contributed by atoms with E-state index in [1.165, 1.54) is 0 Å². The Labute approximate surface area is 137 Å². The average molecular weight is 309 g/mol. The van der Waals surface area contributed by atoms with Gasteiger partial charge in [-0.2, -0.15) is 0 Å². The number of hydrogen-bond donors (Lipinski definition) is 1. The van der Waals surface area contributed by atoms with Crippen LogP contribution in [0.1, 0.15) is 36.8 Å². The average Bonchev–Trinajstić information content (AvgIpc) is 3.08. The number of amides is 1. The number of carbonyl (C=O) groups is 1. The summed E-state index contributed by atoms with van der Waals surface area (Å²) in [5.41, 5.74) is 2.60. The van der Waals surface area contributed by atoms with Gasteiger partial charge in [0.25, 0.3) is 0 Å². The fourth-order valence-corrected chi connectivity index (χ4v) is 3.53. The van der Waals surface area contributed by atoms with Gasteiger partial charge < -0.3 is 10.1 Å². The van der Waals surface area contributed by atoms with Crippen LogP contribution in [-0.4, -0.2) is 13.0 Å². The Morgan fingerprint density at radius 2 is 1.78 bits per heavy atom. The first-order valence-electron chi connectivity index (χ1n) is 8.17. The van der Waals surface area contributed by atoms with E-state index >= 15 is 0 Å². The highest BCUT2D eigenvalue weighted by Crippen LogP contribution is 2.42. The van der Waals surface area contributed by atoms with Gasteiger partial charge in [-0.05, 0) is 49.1 Å². The molecular weight excluding hydrogens is 286 g/mol. The molecule has 0 atom stereocenters. The van der Waals surface area contributed by atoms with Crippen LogP contribution in [-0.2, 0) is 10.2 Å². The van der Waals surface area contributed by atoms with E-state index in [4.69, 9.17) is 4.74 Å². The van der Waals surface area contributed by atoms with Gasteiger partial charge in [0, 0.05) is 5.69 Å². The molecule has 1 aliphatic carbocycles. The lowest BCUT2D eigenvalue weighted by molar-refractivity contribution is -0.121. The summed E-state index contributed by atoms with van der Waals surface area (Å²) < 4.78 is 5.23. The third-order valence-electron chi connectivity index (χ3n) is 4.90. The van der Waals surface area contributed by atoms with Gasteiger partial charge >= 0.3 is 0 Å². The number of methoxy groups -OCH3 is 1. The van der Waals surface area contributed by atoms with Crippen molar-refractivity contribution in [2.24, 2.45) is 0 Å². The highest BCUT2D eigenvalue weighted by atomic mass is 16.5. The minimum absolute atomic E-state index is 0.106. The van der Waals surface area contributed by atoms with Crippen LogP contribution in [0.2, 0.25) is 0 Å². The first-order valence-corrected chi connectivity index (χ1v) is 8.17. The Kier molecular flexibility index (Phi) is 4.37. The van der Waals surface area contributed by atoms with E-state index in [0.29, 0.717) is 0 Å². The zero-order valence-electron chi connectivity index (χ0n) is 13.8. The number of rotatable bonds is 4. The Morgan fingerprint density at radius 3 is 2.39 bits per heavy atom. The van der Waals surface area contributed by atoms with E-state index in [9.17, 15) is 4.79 Å². The van der Waals surface area contributed by atoms with Gasteiger partial charge in [-0.1, -0.05) is 43.2 Å². The lowest BCUT2D eigenvalue weighted by Gasteiger charge is -2.28. The van der Waals surface area contributed by atoms with Gasteiger partial charge in [-0.3, -0.25) is 4.79 Å². The molecule has 120 valence electrons. The lowest BCUT2D eigenvalue weighted by Crippen LogP contribution is -2.38. The monoisotopic (exact) mass is 309 g/mol. The van der Waals surface area contributed by atoms with Crippen LogP contribution in [0.5, 0.6) is 5.75 Å². The van der Waals surface area contributed by atoms with E-state index in [-0.39, 0.29) is 5.91 Å². The van der Waals surface area contributed by atoms with E-state index in [1.807, 2.05) is 43.3 Å². The second kappa shape index (κ2) is 6.45. The molecule has 0 aromatic heterocycles. The summed E-state index contributed by atoms with van der Waals surface area (Å²) in [5, 5.41) is 3.15. The summed E-state index contributed by atoms with van der Waals surface area (Å²) in [6.45, 7) is 1.99. The molecule has 1 fully saturated rings. The Hall–Kier alpha value is -2.29. The lowest BCUT2D eigenvalue weighted by atomic mass is 9.78. The van der Waals surface area contributed by atoms with Crippen molar-refractivity contribution in [1.82, 2.24) is 0 Å². The van der Waals surface area contributed by atoms with Crippen molar-refractivity contribution in [2.45, 2.75) is 38.0 Å². The van der Waals surface area contributed by atoms with Crippen molar-refractivity contribution in [1.29, 1.82) is 0 Å². The molecule has 1 amide bonds.